The topological polar surface area (TPSA) is 109 Å². The molecule has 8 nitrogen and oxygen atoms in total. The lowest BCUT2D eigenvalue weighted by molar-refractivity contribution is -0.274. The monoisotopic (exact) mass is 433 g/mol. The predicted octanol–water partition coefficient (Wildman–Crippen LogP) is 3.59. The molecule has 0 fully saturated rings. The molecule has 0 bridgehead atoms. The molecular formula is C20H18F3N5O3. The molecule has 11 heteroatoms. The van der Waals surface area contributed by atoms with Crippen LogP contribution in [0.1, 0.15) is 5.69 Å². The molecule has 0 radical (unpaired) electrons. The maximum absolute atomic E-state index is 12.5. The first kappa shape index (κ1) is 21.8. The Labute approximate surface area is 175 Å². The summed E-state index contributed by atoms with van der Waals surface area (Å²) in [5, 5.41) is 14.5. The molecule has 162 valence electrons. The largest absolute Gasteiger partial charge is 0.573 e. The van der Waals surface area contributed by atoms with Crippen LogP contribution in [0.3, 0.4) is 0 Å². The lowest BCUT2D eigenvalue weighted by Gasteiger charge is -2.12. The molecule has 31 heavy (non-hydrogen) atoms. The van der Waals surface area contributed by atoms with Crippen molar-refractivity contribution in [1.82, 2.24) is 15.0 Å². The fourth-order valence-corrected chi connectivity index (χ4v) is 2.64. The van der Waals surface area contributed by atoms with E-state index < -0.39 is 24.6 Å². The van der Waals surface area contributed by atoms with Crippen molar-refractivity contribution >= 4 is 17.7 Å². The van der Waals surface area contributed by atoms with E-state index in [1.54, 1.807) is 18.3 Å². The van der Waals surface area contributed by atoms with Gasteiger partial charge in [-0.15, -0.1) is 13.2 Å². The molecule has 2 heterocycles. The number of rotatable bonds is 9. The van der Waals surface area contributed by atoms with Crippen LogP contribution in [-0.2, 0) is 11.2 Å². The number of hydrogen-bond donors (Lipinski definition) is 3. The Morgan fingerprint density at radius 2 is 1.90 bits per heavy atom. The van der Waals surface area contributed by atoms with Crippen molar-refractivity contribution in [2.45, 2.75) is 12.8 Å². The second-order valence-corrected chi connectivity index (χ2v) is 6.28. The van der Waals surface area contributed by atoms with Crippen LogP contribution in [0.2, 0.25) is 0 Å². The molecule has 2 aromatic heterocycles. The number of benzene rings is 1. The highest BCUT2D eigenvalue weighted by Crippen LogP contribution is 2.28. The van der Waals surface area contributed by atoms with Crippen LogP contribution >= 0.6 is 0 Å². The van der Waals surface area contributed by atoms with Crippen molar-refractivity contribution in [3.05, 3.63) is 60.4 Å². The quantitative estimate of drug-likeness (QED) is 0.470. The van der Waals surface area contributed by atoms with Gasteiger partial charge in [0.25, 0.3) is 0 Å². The number of halogens is 3. The first-order valence-electron chi connectivity index (χ1n) is 9.13. The molecule has 0 spiro atoms. The highest BCUT2D eigenvalue weighted by Gasteiger charge is 2.31. The smallest absolute Gasteiger partial charge is 0.480 e. The Bertz CT molecular complexity index is 1030. The van der Waals surface area contributed by atoms with Crippen molar-refractivity contribution < 1.29 is 27.8 Å². The van der Waals surface area contributed by atoms with E-state index in [2.05, 4.69) is 30.3 Å². The maximum atomic E-state index is 12.5. The summed E-state index contributed by atoms with van der Waals surface area (Å²) in [7, 11) is 0. The van der Waals surface area contributed by atoms with E-state index in [-0.39, 0.29) is 11.6 Å². The number of aromatic nitrogens is 3. The summed E-state index contributed by atoms with van der Waals surface area (Å²) in [5.41, 5.74) is 1.50. The number of alkyl halides is 3. The molecule has 0 aliphatic carbocycles. The van der Waals surface area contributed by atoms with Crippen LogP contribution in [0.25, 0.3) is 11.3 Å². The van der Waals surface area contributed by atoms with Crippen molar-refractivity contribution in [2.75, 3.05) is 23.7 Å². The zero-order valence-corrected chi connectivity index (χ0v) is 16.1. The van der Waals surface area contributed by atoms with E-state index in [4.69, 9.17) is 5.11 Å². The van der Waals surface area contributed by atoms with Crippen LogP contribution in [0.15, 0.2) is 54.7 Å². The summed E-state index contributed by atoms with van der Waals surface area (Å²) in [5.74, 6) is -1.12. The number of carboxylic acids is 1. The van der Waals surface area contributed by atoms with Gasteiger partial charge in [-0.1, -0.05) is 18.2 Å². The van der Waals surface area contributed by atoms with Crippen LogP contribution in [0.5, 0.6) is 5.75 Å². The molecule has 0 saturated carbocycles. The van der Waals surface area contributed by atoms with Crippen molar-refractivity contribution in [3.8, 4) is 17.0 Å². The molecule has 3 aromatic rings. The number of nitrogens with zero attached hydrogens (tertiary/aromatic N) is 3. The average molecular weight is 433 g/mol. The summed E-state index contributed by atoms with van der Waals surface area (Å²) in [4.78, 5) is 23.5. The number of ether oxygens (including phenoxy) is 1. The molecule has 0 aliphatic rings. The molecule has 0 saturated heterocycles. The van der Waals surface area contributed by atoms with Crippen LogP contribution < -0.4 is 15.4 Å². The fraction of sp³-hybridized carbons (Fsp3) is 0.200. The SMILES string of the molecule is O=C(O)CNc1nc(NCCc2ccccn2)cc(-c2cccc(OC(F)(F)F)c2)n1. The first-order chi connectivity index (χ1) is 14.8. The predicted molar refractivity (Wildman–Crippen MR) is 107 cm³/mol. The summed E-state index contributed by atoms with van der Waals surface area (Å²) in [6.45, 7) is 0.0527. The van der Waals surface area contributed by atoms with Gasteiger partial charge >= 0.3 is 12.3 Å². The number of pyridine rings is 1. The van der Waals surface area contributed by atoms with Gasteiger partial charge in [0.1, 0.15) is 18.1 Å². The molecule has 3 rings (SSSR count). The Kier molecular flexibility index (Phi) is 6.85. The van der Waals surface area contributed by atoms with Crippen LogP contribution in [-0.4, -0.2) is 45.5 Å². The van der Waals surface area contributed by atoms with Crippen molar-refractivity contribution in [2.24, 2.45) is 0 Å². The van der Waals surface area contributed by atoms with Gasteiger partial charge in [0.15, 0.2) is 0 Å². The van der Waals surface area contributed by atoms with E-state index in [9.17, 15) is 18.0 Å². The van der Waals surface area contributed by atoms with E-state index in [1.165, 1.54) is 18.2 Å². The second-order valence-electron chi connectivity index (χ2n) is 6.28. The summed E-state index contributed by atoms with van der Waals surface area (Å²) < 4.78 is 41.5. The standard InChI is InChI=1S/C20H18F3N5O3/c21-20(22,23)31-15-6-3-4-13(10-15)16-11-17(28-19(27-16)26-12-18(29)30)25-9-7-14-5-1-2-8-24-14/h1-6,8,10-11H,7,9,12H2,(H,29,30)(H2,25,26,27,28). The Morgan fingerprint density at radius 3 is 2.61 bits per heavy atom. The van der Waals surface area contributed by atoms with Gasteiger partial charge in [-0.2, -0.15) is 4.98 Å². The van der Waals surface area contributed by atoms with Crippen LogP contribution in [0, 0.1) is 0 Å². The minimum atomic E-state index is -4.82. The summed E-state index contributed by atoms with van der Waals surface area (Å²) in [6, 6.07) is 12.4. The Hall–Kier alpha value is -3.89. The molecule has 1 aromatic carbocycles. The second kappa shape index (κ2) is 9.74. The number of aliphatic carboxylic acids is 1. The van der Waals surface area contributed by atoms with Crippen molar-refractivity contribution in [3.63, 3.8) is 0 Å². The van der Waals surface area contributed by atoms with Crippen molar-refractivity contribution in [1.29, 1.82) is 0 Å². The van der Waals surface area contributed by atoms with E-state index in [0.717, 1.165) is 5.69 Å². The highest BCUT2D eigenvalue weighted by molar-refractivity contribution is 5.72. The van der Waals surface area contributed by atoms with Gasteiger partial charge < -0.3 is 20.5 Å². The third-order valence-electron chi connectivity index (χ3n) is 3.90. The molecule has 3 N–H and O–H groups in total. The van der Waals surface area contributed by atoms with Gasteiger partial charge in [0.2, 0.25) is 5.95 Å². The number of anilines is 2. The minimum Gasteiger partial charge on any atom is -0.480 e. The lowest BCUT2D eigenvalue weighted by atomic mass is 10.1. The first-order valence-corrected chi connectivity index (χ1v) is 9.13. The number of hydrogen-bond acceptors (Lipinski definition) is 7. The third-order valence-corrected chi connectivity index (χ3v) is 3.90. The Morgan fingerprint density at radius 1 is 1.06 bits per heavy atom. The van der Waals surface area contributed by atoms with Crippen LogP contribution in [0.4, 0.5) is 24.9 Å². The minimum absolute atomic E-state index is 0.0161. The maximum Gasteiger partial charge on any atom is 0.573 e. The van der Waals surface area contributed by atoms with E-state index >= 15 is 0 Å². The van der Waals surface area contributed by atoms with E-state index in [0.29, 0.717) is 24.3 Å². The molecule has 0 amide bonds. The molecule has 0 aliphatic heterocycles. The van der Waals surface area contributed by atoms with Gasteiger partial charge in [0.05, 0.1) is 5.69 Å². The van der Waals surface area contributed by atoms with Gasteiger partial charge in [0, 0.05) is 36.5 Å². The average Bonchev–Trinajstić information content (AvgIpc) is 2.72. The van der Waals surface area contributed by atoms with E-state index in [1.807, 2.05) is 18.2 Å². The highest BCUT2D eigenvalue weighted by atomic mass is 19.4. The number of nitrogens with one attached hydrogen (secondary N) is 2. The van der Waals surface area contributed by atoms with Gasteiger partial charge in [-0.3, -0.25) is 9.78 Å². The number of carbonyl (C=O) groups is 1. The lowest BCUT2D eigenvalue weighted by Crippen LogP contribution is -2.17. The van der Waals surface area contributed by atoms with Gasteiger partial charge in [-0.25, -0.2) is 4.98 Å². The zero-order chi connectivity index (χ0) is 22.3. The molecule has 0 unspecified atom stereocenters. The summed E-state index contributed by atoms with van der Waals surface area (Å²) >= 11 is 0. The molecular weight excluding hydrogens is 415 g/mol. The normalized spacial score (nSPS) is 11.1. The zero-order valence-electron chi connectivity index (χ0n) is 16.1. The fourth-order valence-electron chi connectivity index (χ4n) is 2.64. The van der Waals surface area contributed by atoms with Gasteiger partial charge in [-0.05, 0) is 24.3 Å². The number of carboxylic acid groups (broad SMARTS) is 1. The third kappa shape index (κ3) is 7.14. The summed E-state index contributed by atoms with van der Waals surface area (Å²) in [6.07, 6.45) is -2.54. The molecule has 0 atom stereocenters. The Balaban J connectivity index is 1.83.